The summed E-state index contributed by atoms with van der Waals surface area (Å²) >= 11 is 0. The number of nitro groups is 1. The molecular formula is C21H24N4O6. The van der Waals surface area contributed by atoms with Crippen molar-refractivity contribution in [2.75, 3.05) is 19.5 Å². The van der Waals surface area contributed by atoms with Crippen LogP contribution in [0.4, 0.5) is 11.4 Å². The van der Waals surface area contributed by atoms with Gasteiger partial charge >= 0.3 is 0 Å². The van der Waals surface area contributed by atoms with Crippen LogP contribution in [-0.2, 0) is 9.59 Å². The Morgan fingerprint density at radius 3 is 2.32 bits per heavy atom. The molecule has 0 atom stereocenters. The molecule has 10 heteroatoms. The Kier molecular flexibility index (Phi) is 8.07. The van der Waals surface area contributed by atoms with Gasteiger partial charge in [0.2, 0.25) is 11.8 Å². The molecule has 2 amide bonds. The zero-order valence-electron chi connectivity index (χ0n) is 17.7. The maximum atomic E-state index is 12.1. The molecule has 2 N–H and O–H groups in total. The predicted octanol–water partition coefficient (Wildman–Crippen LogP) is 3.10. The average molecular weight is 428 g/mol. The maximum absolute atomic E-state index is 12.1. The van der Waals surface area contributed by atoms with Gasteiger partial charge in [0.25, 0.3) is 5.69 Å². The Labute approximate surface area is 179 Å². The Morgan fingerprint density at radius 1 is 1.06 bits per heavy atom. The number of carbonyl (C=O) groups is 2. The van der Waals surface area contributed by atoms with Gasteiger partial charge in [0, 0.05) is 18.5 Å². The summed E-state index contributed by atoms with van der Waals surface area (Å²) < 4.78 is 10.2. The number of hydrogen-bond donors (Lipinski definition) is 2. The minimum absolute atomic E-state index is 0.0365. The van der Waals surface area contributed by atoms with Crippen molar-refractivity contribution in [1.29, 1.82) is 0 Å². The first kappa shape index (κ1) is 23.3. The summed E-state index contributed by atoms with van der Waals surface area (Å²) in [4.78, 5) is 34.7. The van der Waals surface area contributed by atoms with Crippen LogP contribution >= 0.6 is 0 Å². The first-order chi connectivity index (χ1) is 14.7. The molecule has 0 saturated heterocycles. The molecule has 0 saturated carbocycles. The molecule has 2 aromatic rings. The molecule has 0 radical (unpaired) electrons. The molecule has 0 aliphatic heterocycles. The minimum atomic E-state index is -0.595. The van der Waals surface area contributed by atoms with Crippen molar-refractivity contribution in [2.45, 2.75) is 26.7 Å². The van der Waals surface area contributed by atoms with E-state index in [4.69, 9.17) is 9.47 Å². The lowest BCUT2D eigenvalue weighted by Gasteiger charge is -2.09. The van der Waals surface area contributed by atoms with Crippen molar-refractivity contribution in [3.8, 4) is 11.5 Å². The topological polar surface area (TPSA) is 132 Å². The first-order valence-electron chi connectivity index (χ1n) is 9.34. The fraction of sp³-hybridized carbons (Fsp3) is 0.286. The number of benzene rings is 2. The number of nitro benzene ring substituents is 1. The van der Waals surface area contributed by atoms with E-state index in [9.17, 15) is 19.7 Å². The molecule has 0 aromatic heterocycles. The number of ether oxygens (including phenoxy) is 2. The number of nitrogens with zero attached hydrogens (tertiary/aromatic N) is 2. The lowest BCUT2D eigenvalue weighted by molar-refractivity contribution is -0.385. The van der Waals surface area contributed by atoms with E-state index in [0.29, 0.717) is 5.69 Å². The van der Waals surface area contributed by atoms with Gasteiger partial charge in [0.15, 0.2) is 11.5 Å². The van der Waals surface area contributed by atoms with E-state index in [1.807, 2.05) is 32.0 Å². The summed E-state index contributed by atoms with van der Waals surface area (Å²) in [6.07, 6.45) is 1.00. The van der Waals surface area contributed by atoms with Gasteiger partial charge in [0.05, 0.1) is 37.0 Å². The first-order valence-corrected chi connectivity index (χ1v) is 9.34. The summed E-state index contributed by atoms with van der Waals surface area (Å²) in [5.74, 6) is -0.328. The molecule has 0 aliphatic carbocycles. The molecule has 0 heterocycles. The van der Waals surface area contributed by atoms with Gasteiger partial charge in [-0.15, -0.1) is 0 Å². The van der Waals surface area contributed by atoms with Gasteiger partial charge in [-0.1, -0.05) is 17.7 Å². The van der Waals surface area contributed by atoms with Crippen LogP contribution in [0.1, 0.15) is 29.5 Å². The van der Waals surface area contributed by atoms with Crippen LogP contribution in [-0.4, -0.2) is 37.2 Å². The SMILES string of the molecule is COc1cc(/C=N/NC(=O)CCC(=O)Nc2ccc(C)cc2C)c([N+](=O)[O-])cc1OC. The largest absolute Gasteiger partial charge is 0.493 e. The number of hydrogen-bond acceptors (Lipinski definition) is 7. The van der Waals surface area contributed by atoms with Crippen molar-refractivity contribution in [3.63, 3.8) is 0 Å². The molecule has 0 unspecified atom stereocenters. The number of hydrazone groups is 1. The lowest BCUT2D eigenvalue weighted by Crippen LogP contribution is -2.21. The van der Waals surface area contributed by atoms with E-state index >= 15 is 0 Å². The third-order valence-electron chi connectivity index (χ3n) is 4.36. The maximum Gasteiger partial charge on any atom is 0.282 e. The van der Waals surface area contributed by atoms with Crippen LogP contribution in [0.25, 0.3) is 0 Å². The van der Waals surface area contributed by atoms with Crippen LogP contribution in [0, 0.1) is 24.0 Å². The minimum Gasteiger partial charge on any atom is -0.493 e. The second-order valence-corrected chi connectivity index (χ2v) is 6.68. The summed E-state index contributed by atoms with van der Waals surface area (Å²) in [6.45, 7) is 3.84. The third-order valence-corrected chi connectivity index (χ3v) is 4.36. The van der Waals surface area contributed by atoms with Crippen molar-refractivity contribution < 1.29 is 24.0 Å². The van der Waals surface area contributed by atoms with Gasteiger partial charge < -0.3 is 14.8 Å². The molecule has 31 heavy (non-hydrogen) atoms. The van der Waals surface area contributed by atoms with Crippen molar-refractivity contribution in [2.24, 2.45) is 5.10 Å². The summed E-state index contributed by atoms with van der Waals surface area (Å²) in [5.41, 5.74) is 4.82. The second kappa shape index (κ2) is 10.7. The van der Waals surface area contributed by atoms with Crippen molar-refractivity contribution in [3.05, 3.63) is 57.1 Å². The highest BCUT2D eigenvalue weighted by atomic mass is 16.6. The molecule has 0 spiro atoms. The zero-order chi connectivity index (χ0) is 23.0. The highest BCUT2D eigenvalue weighted by molar-refractivity contribution is 5.94. The molecule has 0 bridgehead atoms. The fourth-order valence-corrected chi connectivity index (χ4v) is 2.77. The number of amides is 2. The molecule has 2 aromatic carbocycles. The smallest absolute Gasteiger partial charge is 0.282 e. The Bertz CT molecular complexity index is 1020. The van der Waals surface area contributed by atoms with Crippen molar-refractivity contribution >= 4 is 29.4 Å². The number of carbonyl (C=O) groups excluding carboxylic acids is 2. The molecular weight excluding hydrogens is 404 g/mol. The van der Waals surface area contributed by atoms with E-state index in [-0.39, 0.29) is 41.5 Å². The highest BCUT2D eigenvalue weighted by Crippen LogP contribution is 2.33. The fourth-order valence-electron chi connectivity index (χ4n) is 2.77. The normalized spacial score (nSPS) is 10.6. The monoisotopic (exact) mass is 428 g/mol. The number of anilines is 1. The number of rotatable bonds is 9. The van der Waals surface area contributed by atoms with Crippen LogP contribution in [0.3, 0.4) is 0 Å². The Balaban J connectivity index is 1.95. The highest BCUT2D eigenvalue weighted by Gasteiger charge is 2.18. The molecule has 10 nitrogen and oxygen atoms in total. The van der Waals surface area contributed by atoms with E-state index in [0.717, 1.165) is 17.3 Å². The third kappa shape index (κ3) is 6.53. The van der Waals surface area contributed by atoms with Gasteiger partial charge in [-0.2, -0.15) is 5.10 Å². The second-order valence-electron chi connectivity index (χ2n) is 6.68. The standard InChI is InChI=1S/C21H24N4O6/c1-13-5-6-16(14(2)9-13)23-20(26)7-8-21(27)24-22-12-15-10-18(30-3)19(31-4)11-17(15)25(28)29/h5-6,9-12H,7-8H2,1-4H3,(H,23,26)(H,24,27)/b22-12+. The summed E-state index contributed by atoms with van der Waals surface area (Å²) in [7, 11) is 2.77. The number of nitrogens with one attached hydrogen (secondary N) is 2. The lowest BCUT2D eigenvalue weighted by atomic mass is 10.1. The van der Waals surface area contributed by atoms with Crippen LogP contribution in [0.15, 0.2) is 35.4 Å². The van der Waals surface area contributed by atoms with Crippen LogP contribution in [0.5, 0.6) is 11.5 Å². The molecule has 164 valence electrons. The van der Waals surface area contributed by atoms with Crippen molar-refractivity contribution in [1.82, 2.24) is 5.43 Å². The van der Waals surface area contributed by atoms with E-state index in [1.165, 1.54) is 26.4 Å². The number of aryl methyl sites for hydroxylation is 2. The average Bonchev–Trinajstić information content (AvgIpc) is 2.73. The Hall–Kier alpha value is -3.95. The van der Waals surface area contributed by atoms with E-state index in [1.54, 1.807) is 0 Å². The molecule has 0 fully saturated rings. The quantitative estimate of drug-likeness (QED) is 0.358. The predicted molar refractivity (Wildman–Crippen MR) is 116 cm³/mol. The zero-order valence-corrected chi connectivity index (χ0v) is 17.7. The number of methoxy groups -OCH3 is 2. The molecule has 0 aliphatic rings. The van der Waals surface area contributed by atoms with Gasteiger partial charge in [-0.25, -0.2) is 5.43 Å². The van der Waals surface area contributed by atoms with Crippen LogP contribution in [0.2, 0.25) is 0 Å². The van der Waals surface area contributed by atoms with E-state index < -0.39 is 10.8 Å². The summed E-state index contributed by atoms with van der Waals surface area (Å²) in [6, 6.07) is 8.23. The van der Waals surface area contributed by atoms with Gasteiger partial charge in [-0.3, -0.25) is 19.7 Å². The van der Waals surface area contributed by atoms with Gasteiger partial charge in [0.1, 0.15) is 0 Å². The summed E-state index contributed by atoms with van der Waals surface area (Å²) in [5, 5.41) is 17.8. The van der Waals surface area contributed by atoms with Crippen LogP contribution < -0.4 is 20.2 Å². The Morgan fingerprint density at radius 2 is 1.71 bits per heavy atom. The van der Waals surface area contributed by atoms with Gasteiger partial charge in [-0.05, 0) is 31.5 Å². The van der Waals surface area contributed by atoms with E-state index in [2.05, 4.69) is 15.8 Å². The molecule has 2 rings (SSSR count).